The first-order valence-corrected chi connectivity index (χ1v) is 35.9. The van der Waals surface area contributed by atoms with E-state index in [2.05, 4.69) is 115 Å². The molecule has 0 atom stereocenters. The van der Waals surface area contributed by atoms with Gasteiger partial charge in [-0.25, -0.2) is 19.2 Å². The van der Waals surface area contributed by atoms with Crippen LogP contribution in [0.5, 0.6) is 0 Å². The van der Waals surface area contributed by atoms with Crippen molar-refractivity contribution in [3.63, 3.8) is 0 Å². The van der Waals surface area contributed by atoms with Crippen LogP contribution in [0.15, 0.2) is 0 Å². The van der Waals surface area contributed by atoms with Crippen LogP contribution in [-0.4, -0.2) is 323 Å². The van der Waals surface area contributed by atoms with Gasteiger partial charge in [-0.1, -0.05) is 48.0 Å². The molecule has 0 bridgehead atoms. The molecule has 30 heteroatoms. The molecule has 0 saturated carbocycles. The molecule has 0 fully saturated rings. The van der Waals surface area contributed by atoms with E-state index >= 15 is 0 Å². The van der Waals surface area contributed by atoms with E-state index in [4.69, 9.17) is 37.9 Å². The monoisotopic (exact) mass is 1450 g/mol. The van der Waals surface area contributed by atoms with Crippen LogP contribution in [0, 0.1) is 0 Å². The van der Waals surface area contributed by atoms with Gasteiger partial charge in [-0.15, -0.1) is 35.3 Å². The zero-order valence-corrected chi connectivity index (χ0v) is 68.9. The maximum Gasteiger partial charge on any atom is 0.344 e. The van der Waals surface area contributed by atoms with E-state index in [1.54, 1.807) is 93.7 Å². The lowest BCUT2D eigenvalue weighted by Gasteiger charge is -2.07. The van der Waals surface area contributed by atoms with Crippen molar-refractivity contribution >= 4 is 71.1 Å². The Morgan fingerprint density at radius 3 is 0.916 bits per heavy atom. The Balaban J connectivity index is -0.0000000627. The van der Waals surface area contributed by atoms with E-state index in [1.165, 1.54) is 20.6 Å². The van der Waals surface area contributed by atoms with Crippen LogP contribution in [-0.2, 0) is 109 Å². The number of esters is 6. The molecule has 0 unspecified atom stereocenters. The van der Waals surface area contributed by atoms with E-state index in [0.717, 1.165) is 96.2 Å². The van der Waals surface area contributed by atoms with Crippen molar-refractivity contribution < 1.29 is 109 Å². The topological polar surface area (TPSA) is 272 Å². The highest BCUT2D eigenvalue weighted by Crippen LogP contribution is 1.95. The maximum atomic E-state index is 10.7. The molecule has 0 amide bonds. The SMILES string of the molecule is CCC.CCN(C)C.CCOC.CCOC(=O)CC.CCOC(=O)COC(=O)CC.CCOCC(=O)OC.CCOCC(=O)OCC(=O)OC.CCOCCCOC.CCOCN(C)C.CCOCN(C)C.CCOCOC.CCSCOC.COCSC.CSCN(C)C. The van der Waals surface area contributed by atoms with Gasteiger partial charge < -0.3 is 90.3 Å². The molecular formula is C65H150N4O23S3. The molecular weight excluding hydrogens is 1300 g/mol. The molecule has 0 aromatic carbocycles. The summed E-state index contributed by atoms with van der Waals surface area (Å²) in [5.41, 5.74) is 0. The smallest absolute Gasteiger partial charge is 0.344 e. The Labute approximate surface area is 594 Å². The van der Waals surface area contributed by atoms with Crippen LogP contribution >= 0.6 is 35.3 Å². The van der Waals surface area contributed by atoms with Crippen LogP contribution in [0.4, 0.5) is 0 Å². The summed E-state index contributed by atoms with van der Waals surface area (Å²) in [6, 6.07) is 0. The summed E-state index contributed by atoms with van der Waals surface area (Å²) >= 11 is 5.30. The molecule has 0 rings (SSSR count). The highest BCUT2D eigenvalue weighted by Gasteiger charge is 2.07. The summed E-state index contributed by atoms with van der Waals surface area (Å²) in [4.78, 5) is 70.8. The highest BCUT2D eigenvalue weighted by molar-refractivity contribution is 7.99. The summed E-state index contributed by atoms with van der Waals surface area (Å²) in [5, 5.41) is 0. The largest absolute Gasteiger partial charge is 0.467 e. The van der Waals surface area contributed by atoms with Crippen molar-refractivity contribution in [3.05, 3.63) is 0 Å². The lowest BCUT2D eigenvalue weighted by atomic mass is 10.5. The number of methoxy groups -OCH3 is 7. The van der Waals surface area contributed by atoms with Gasteiger partial charge in [0.05, 0.1) is 52.8 Å². The summed E-state index contributed by atoms with van der Waals surface area (Å²) < 4.78 is 79.2. The molecule has 0 spiro atoms. The summed E-state index contributed by atoms with van der Waals surface area (Å²) in [7, 11) is 27.1. The number of rotatable bonds is 37. The summed E-state index contributed by atoms with van der Waals surface area (Å²) in [5.74, 6) is 1.41. The van der Waals surface area contributed by atoms with Crippen LogP contribution < -0.4 is 0 Å². The number of nitrogens with zero attached hydrogens (tertiary/aromatic N) is 4. The zero-order chi connectivity index (χ0) is 77.0. The third-order valence-electron chi connectivity index (χ3n) is 7.50. The second kappa shape index (κ2) is 135. The Bertz CT molecular complexity index is 1290. The number of thioether (sulfide) groups is 3. The van der Waals surface area contributed by atoms with E-state index < -0.39 is 23.9 Å². The number of carbonyl (C=O) groups is 6. The van der Waals surface area contributed by atoms with Crippen molar-refractivity contribution in [1.29, 1.82) is 0 Å². The first kappa shape index (κ1) is 125. The maximum absolute atomic E-state index is 10.7. The average Bonchev–Trinajstić information content (AvgIpc) is 3.70. The lowest BCUT2D eigenvalue weighted by Crippen LogP contribution is -2.18. The van der Waals surface area contributed by atoms with Crippen LogP contribution in [0.3, 0.4) is 0 Å². The molecule has 0 aromatic heterocycles. The van der Waals surface area contributed by atoms with Crippen molar-refractivity contribution in [2.24, 2.45) is 0 Å². The molecule has 0 aromatic rings. The van der Waals surface area contributed by atoms with Gasteiger partial charge in [0.2, 0.25) is 0 Å². The number of ether oxygens (including phenoxy) is 17. The Kier molecular flexibility index (Phi) is 178. The van der Waals surface area contributed by atoms with Crippen molar-refractivity contribution in [3.8, 4) is 0 Å². The first-order valence-electron chi connectivity index (χ1n) is 31.9. The third-order valence-corrected chi connectivity index (χ3v) is 9.55. The molecule has 0 saturated heterocycles. The minimum absolute atomic E-state index is 0.0625. The second-order valence-electron chi connectivity index (χ2n) is 17.7. The molecule has 0 radical (unpaired) electrons. The minimum atomic E-state index is -0.583. The van der Waals surface area contributed by atoms with Crippen LogP contribution in [0.2, 0.25) is 0 Å². The molecule has 586 valence electrons. The van der Waals surface area contributed by atoms with E-state index in [-0.39, 0.29) is 44.8 Å². The molecule has 0 heterocycles. The van der Waals surface area contributed by atoms with Crippen LogP contribution in [0.25, 0.3) is 0 Å². The van der Waals surface area contributed by atoms with Gasteiger partial charge in [0.1, 0.15) is 20.0 Å². The Morgan fingerprint density at radius 2 is 0.695 bits per heavy atom. The first-order chi connectivity index (χ1) is 45.1. The predicted octanol–water partition coefficient (Wildman–Crippen LogP) is 9.97. The molecule has 27 nitrogen and oxygen atoms in total. The fourth-order valence-electron chi connectivity index (χ4n) is 3.08. The summed E-state index contributed by atoms with van der Waals surface area (Å²) in [6.45, 7) is 38.6. The van der Waals surface area contributed by atoms with Crippen LogP contribution in [0.1, 0.15) is 130 Å². The third kappa shape index (κ3) is 230. The Hall–Kier alpha value is -2.73. The zero-order valence-electron chi connectivity index (χ0n) is 66.5. The van der Waals surface area contributed by atoms with Gasteiger partial charge in [0, 0.05) is 114 Å². The predicted molar refractivity (Wildman–Crippen MR) is 395 cm³/mol. The summed E-state index contributed by atoms with van der Waals surface area (Å²) in [6.07, 6.45) is 7.11. The van der Waals surface area contributed by atoms with Crippen molar-refractivity contribution in [2.75, 3.05) is 268 Å². The van der Waals surface area contributed by atoms with Gasteiger partial charge in [-0.2, -0.15) is 0 Å². The molecule has 0 aliphatic carbocycles. The van der Waals surface area contributed by atoms with E-state index in [9.17, 15) is 28.8 Å². The van der Waals surface area contributed by atoms with Crippen molar-refractivity contribution in [1.82, 2.24) is 19.6 Å². The van der Waals surface area contributed by atoms with Gasteiger partial charge in [0.15, 0.2) is 13.2 Å². The normalized spacial score (nSPS) is 9.09. The van der Waals surface area contributed by atoms with Gasteiger partial charge in [-0.05, 0) is 150 Å². The number of carbonyl (C=O) groups excluding carboxylic acids is 6. The fourth-order valence-corrected chi connectivity index (χ4v) is 4.17. The second-order valence-corrected chi connectivity index (χ2v) is 20.6. The van der Waals surface area contributed by atoms with E-state index in [1.807, 2.05) is 97.6 Å². The minimum Gasteiger partial charge on any atom is -0.467 e. The molecule has 0 aliphatic rings. The molecule has 95 heavy (non-hydrogen) atoms. The van der Waals surface area contributed by atoms with E-state index in [0.29, 0.717) is 39.6 Å². The standard InChI is InChI=1S/C7H12O5.C7H12O4.C6H14O2.2C5H13NO.C5H10O3.C5H10O2.C4H11NS.C4H11N.C4H10O2.C4H10OS.C3H8OS.C3H8O.C3H8/c1-3-11-4-7(9)12-5-6(8)10-2;1-3-6(8)11-5-7(9)10-4-2;1-3-8-6-4-5-7-2;2*1-4-7-5-6(2)3;1-3-8-4-5(6)7-2;1-3-5(6)7-4-2;1-5(2)4-6-3;1-4-5(2)3;2*1-3-6-4-5-2;1-4-3-5-2;1-3-4-2;1-3-2/h3-5H2,1-2H3;3-5H2,1-2H3;3-6H2,1-2H3;2*4-5H2,1-3H3;3-4H2,1-2H3;3-4H2,1-2H3;4H2,1-3H3;4H2,1-3H3;2*3-4H2,1-2H3;3H2,1-2H3;3H2,1-2H3;3H2,1-2H3. The van der Waals surface area contributed by atoms with Gasteiger partial charge in [-0.3, -0.25) is 19.4 Å². The molecule has 0 aliphatic heterocycles. The fraction of sp³-hybridized carbons (Fsp3) is 0.908. The lowest BCUT2D eigenvalue weighted by molar-refractivity contribution is -0.159. The quantitative estimate of drug-likeness (QED) is 0.0242. The molecule has 0 N–H and O–H groups in total. The van der Waals surface area contributed by atoms with Gasteiger partial charge in [0.25, 0.3) is 0 Å². The Morgan fingerprint density at radius 1 is 0.337 bits per heavy atom. The number of hydrogen-bond donors (Lipinski definition) is 0. The number of hydrogen-bond acceptors (Lipinski definition) is 30. The van der Waals surface area contributed by atoms with Crippen molar-refractivity contribution in [2.45, 2.75) is 130 Å². The average molecular weight is 1450 g/mol. The highest BCUT2D eigenvalue weighted by atomic mass is 32.2. The van der Waals surface area contributed by atoms with Gasteiger partial charge >= 0.3 is 35.8 Å².